The number of hydrogen-bond acceptors (Lipinski definition) is 4. The van der Waals surface area contributed by atoms with Gasteiger partial charge in [-0.2, -0.15) is 5.10 Å². The van der Waals surface area contributed by atoms with E-state index in [1.165, 1.54) is 12.1 Å². The Morgan fingerprint density at radius 3 is 2.72 bits per heavy atom. The van der Waals surface area contributed by atoms with E-state index in [-0.39, 0.29) is 17.8 Å². The van der Waals surface area contributed by atoms with Crippen LogP contribution in [0.25, 0.3) is 0 Å². The molecule has 0 saturated carbocycles. The first kappa shape index (κ1) is 19.7. The number of benzene rings is 2. The second-order valence-electron chi connectivity index (χ2n) is 7.77. The molecule has 0 bridgehead atoms. The van der Waals surface area contributed by atoms with Crippen LogP contribution in [0.1, 0.15) is 34.7 Å². The highest BCUT2D eigenvalue weighted by atomic mass is 19.1. The number of hydrogen-bond donors (Lipinski definition) is 0. The lowest BCUT2D eigenvalue weighted by molar-refractivity contribution is -0.135. The molecule has 4 rings (SSSR count). The van der Waals surface area contributed by atoms with Gasteiger partial charge in [-0.25, -0.2) is 9.40 Å². The number of morpholine rings is 1. The molecule has 0 radical (unpaired) electrons. The molecule has 2 aliphatic rings. The van der Waals surface area contributed by atoms with E-state index >= 15 is 0 Å². The summed E-state index contributed by atoms with van der Waals surface area (Å²) in [5, 5.41) is 6.29. The largest absolute Gasteiger partial charge is 0.379 e. The highest BCUT2D eigenvalue weighted by Gasteiger charge is 2.34. The molecule has 152 valence electrons. The van der Waals surface area contributed by atoms with Gasteiger partial charge in [0.2, 0.25) is 0 Å². The highest BCUT2D eigenvalue weighted by molar-refractivity contribution is 6.04. The summed E-state index contributed by atoms with van der Waals surface area (Å²) in [6, 6.07) is 12.4. The quantitative estimate of drug-likeness (QED) is 0.797. The van der Waals surface area contributed by atoms with E-state index in [9.17, 15) is 9.18 Å². The van der Waals surface area contributed by atoms with Crippen molar-refractivity contribution in [3.63, 3.8) is 0 Å². The van der Waals surface area contributed by atoms with Crippen molar-refractivity contribution in [3.05, 3.63) is 70.5 Å². The first-order valence-corrected chi connectivity index (χ1v) is 10.0. The molecule has 1 unspecified atom stereocenters. The third kappa shape index (κ3) is 4.38. The van der Waals surface area contributed by atoms with E-state index < -0.39 is 0 Å². The maximum Gasteiger partial charge on any atom is 0.257 e. The number of nitrogens with zero attached hydrogens (tertiary/aromatic N) is 3. The third-order valence-corrected chi connectivity index (χ3v) is 5.57. The zero-order valence-corrected chi connectivity index (χ0v) is 16.9. The van der Waals surface area contributed by atoms with Crippen molar-refractivity contribution in [3.8, 4) is 0 Å². The Balaban J connectivity index is 1.65. The highest BCUT2D eigenvalue weighted by Crippen LogP contribution is 2.34. The second-order valence-corrected chi connectivity index (χ2v) is 7.77. The zero-order chi connectivity index (χ0) is 20.4. The lowest BCUT2D eigenvalue weighted by Crippen LogP contribution is -2.43. The topological polar surface area (TPSA) is 45.1 Å². The van der Waals surface area contributed by atoms with Crippen LogP contribution in [0, 0.1) is 19.7 Å². The molecule has 0 aromatic heterocycles. The summed E-state index contributed by atoms with van der Waals surface area (Å²) < 4.78 is 19.3. The fourth-order valence-corrected chi connectivity index (χ4v) is 3.95. The summed E-state index contributed by atoms with van der Waals surface area (Å²) in [6.07, 6.45) is 0.572. The Labute approximate surface area is 170 Å². The van der Waals surface area contributed by atoms with Gasteiger partial charge < -0.3 is 4.74 Å². The Kier molecular flexibility index (Phi) is 5.74. The molecule has 2 aromatic carbocycles. The van der Waals surface area contributed by atoms with E-state index in [2.05, 4.69) is 23.1 Å². The summed E-state index contributed by atoms with van der Waals surface area (Å²) in [6.45, 7) is 7.13. The molecule has 29 heavy (non-hydrogen) atoms. The first-order valence-electron chi connectivity index (χ1n) is 10.0. The minimum Gasteiger partial charge on any atom is -0.379 e. The van der Waals surface area contributed by atoms with Crippen molar-refractivity contribution >= 4 is 11.6 Å². The van der Waals surface area contributed by atoms with Gasteiger partial charge in [0.05, 0.1) is 31.5 Å². The van der Waals surface area contributed by atoms with Crippen LogP contribution in [0.2, 0.25) is 0 Å². The molecule has 1 atom stereocenters. The zero-order valence-electron chi connectivity index (χ0n) is 16.9. The van der Waals surface area contributed by atoms with Crippen molar-refractivity contribution in [2.75, 3.05) is 32.8 Å². The van der Waals surface area contributed by atoms with Gasteiger partial charge in [-0.3, -0.25) is 9.69 Å². The molecule has 5 nitrogen and oxygen atoms in total. The fraction of sp³-hybridized carbons (Fsp3) is 0.391. The number of aryl methyl sites for hydroxylation is 2. The molecule has 2 aromatic rings. The number of rotatable bonds is 4. The van der Waals surface area contributed by atoms with Gasteiger partial charge in [0.25, 0.3) is 5.91 Å². The molecule has 1 amide bonds. The third-order valence-electron chi connectivity index (χ3n) is 5.57. The van der Waals surface area contributed by atoms with Crippen molar-refractivity contribution in [1.29, 1.82) is 0 Å². The molecular formula is C23H26FN3O2. The van der Waals surface area contributed by atoms with Gasteiger partial charge in [-0.1, -0.05) is 29.8 Å². The van der Waals surface area contributed by atoms with Crippen molar-refractivity contribution in [2.45, 2.75) is 26.3 Å². The lowest BCUT2D eigenvalue weighted by atomic mass is 9.95. The smallest absolute Gasteiger partial charge is 0.257 e. The SMILES string of the molecule is Cc1ccc(C)c(C2=NN(C(=O)CN3CCOCC3)C(c3cccc(F)c3)C2)c1. The van der Waals surface area contributed by atoms with Crippen LogP contribution in [0.15, 0.2) is 47.6 Å². The predicted molar refractivity (Wildman–Crippen MR) is 110 cm³/mol. The summed E-state index contributed by atoms with van der Waals surface area (Å²) in [5.74, 6) is -0.371. The molecule has 2 heterocycles. The van der Waals surface area contributed by atoms with Crippen molar-refractivity contribution in [1.82, 2.24) is 9.91 Å². The second kappa shape index (κ2) is 8.43. The molecule has 0 aliphatic carbocycles. The van der Waals surface area contributed by atoms with Gasteiger partial charge in [0.1, 0.15) is 5.82 Å². The molecule has 2 aliphatic heterocycles. The molecule has 0 N–H and O–H groups in total. The van der Waals surface area contributed by atoms with Crippen LogP contribution in [0.5, 0.6) is 0 Å². The van der Waals surface area contributed by atoms with E-state index in [1.54, 1.807) is 11.1 Å². The Hall–Kier alpha value is -2.57. The fourth-order valence-electron chi connectivity index (χ4n) is 3.95. The van der Waals surface area contributed by atoms with E-state index in [0.29, 0.717) is 26.2 Å². The number of carbonyl (C=O) groups is 1. The standard InChI is InChI=1S/C23H26FN3O2/c1-16-6-7-17(2)20(12-16)21-14-22(18-4-3-5-19(24)13-18)27(25-21)23(28)15-26-8-10-29-11-9-26/h3-7,12-13,22H,8-11,14-15H2,1-2H3. The number of carbonyl (C=O) groups excluding carboxylic acids is 1. The molecule has 1 fully saturated rings. The predicted octanol–water partition coefficient (Wildman–Crippen LogP) is 3.45. The molecular weight excluding hydrogens is 369 g/mol. The minimum atomic E-state index is -0.303. The number of ether oxygens (including phenoxy) is 1. The number of halogens is 1. The molecule has 0 spiro atoms. The van der Waals surface area contributed by atoms with Gasteiger partial charge >= 0.3 is 0 Å². The monoisotopic (exact) mass is 395 g/mol. The molecule has 6 heteroatoms. The van der Waals surface area contributed by atoms with E-state index in [1.807, 2.05) is 19.9 Å². The van der Waals surface area contributed by atoms with Crippen LogP contribution in [0.4, 0.5) is 4.39 Å². The Bertz CT molecular complexity index is 937. The van der Waals surface area contributed by atoms with Crippen molar-refractivity contribution in [2.24, 2.45) is 5.10 Å². The van der Waals surface area contributed by atoms with Gasteiger partial charge in [-0.05, 0) is 43.2 Å². The summed E-state index contributed by atoms with van der Waals surface area (Å²) >= 11 is 0. The Morgan fingerprint density at radius 1 is 1.17 bits per heavy atom. The van der Waals surface area contributed by atoms with Crippen LogP contribution < -0.4 is 0 Å². The minimum absolute atomic E-state index is 0.0681. The van der Waals surface area contributed by atoms with Gasteiger partial charge in [-0.15, -0.1) is 0 Å². The van der Waals surface area contributed by atoms with Crippen LogP contribution in [-0.4, -0.2) is 54.4 Å². The Morgan fingerprint density at radius 2 is 1.97 bits per heavy atom. The average Bonchev–Trinajstić information content (AvgIpc) is 3.16. The van der Waals surface area contributed by atoms with Crippen LogP contribution in [0.3, 0.4) is 0 Å². The maximum absolute atomic E-state index is 13.9. The van der Waals surface area contributed by atoms with Crippen LogP contribution >= 0.6 is 0 Å². The summed E-state index contributed by atoms with van der Waals surface area (Å²) in [5.41, 5.74) is 4.96. The maximum atomic E-state index is 13.9. The van der Waals surface area contributed by atoms with Gasteiger partial charge in [0, 0.05) is 25.1 Å². The summed E-state index contributed by atoms with van der Waals surface area (Å²) in [7, 11) is 0. The lowest BCUT2D eigenvalue weighted by Gasteiger charge is -2.29. The van der Waals surface area contributed by atoms with Gasteiger partial charge in [0.15, 0.2) is 0 Å². The average molecular weight is 395 g/mol. The van der Waals surface area contributed by atoms with Crippen molar-refractivity contribution < 1.29 is 13.9 Å². The number of amides is 1. The molecule has 1 saturated heterocycles. The first-order chi connectivity index (χ1) is 14.0. The van der Waals surface area contributed by atoms with Crippen LogP contribution in [-0.2, 0) is 9.53 Å². The van der Waals surface area contributed by atoms with E-state index in [4.69, 9.17) is 9.84 Å². The summed E-state index contributed by atoms with van der Waals surface area (Å²) in [4.78, 5) is 15.2. The van der Waals surface area contributed by atoms with E-state index in [0.717, 1.165) is 41.1 Å². The normalized spacial score (nSPS) is 20.0. The number of hydrazone groups is 1.